The average molecular weight is 390 g/mol. The Hall–Kier alpha value is -2.93. The fourth-order valence-corrected chi connectivity index (χ4v) is 2.54. The average Bonchev–Trinajstić information content (AvgIpc) is 2.67. The Kier molecular flexibility index (Phi) is 12.7. The predicted molar refractivity (Wildman–Crippen MR) is 110 cm³/mol. The summed E-state index contributed by atoms with van der Waals surface area (Å²) in [6.45, 7) is 6.72. The highest BCUT2D eigenvalue weighted by atomic mass is 16.4. The molecule has 7 nitrogen and oxygen atoms in total. The fourth-order valence-electron chi connectivity index (χ4n) is 2.54. The second-order valence-corrected chi connectivity index (χ2v) is 6.24. The molecular formula is C21H30N2O5. The van der Waals surface area contributed by atoms with Gasteiger partial charge in [0.1, 0.15) is 11.8 Å². The zero-order valence-corrected chi connectivity index (χ0v) is 16.0. The minimum absolute atomic E-state index is 0.0231. The van der Waals surface area contributed by atoms with Gasteiger partial charge in [-0.05, 0) is 30.9 Å². The van der Waals surface area contributed by atoms with Crippen molar-refractivity contribution in [2.45, 2.75) is 50.5 Å². The van der Waals surface area contributed by atoms with Crippen molar-refractivity contribution in [3.05, 3.63) is 55.1 Å². The smallest absolute Gasteiger partial charge is 0.320 e. The third-order valence-corrected chi connectivity index (χ3v) is 4.08. The Morgan fingerprint density at radius 2 is 1.79 bits per heavy atom. The summed E-state index contributed by atoms with van der Waals surface area (Å²) in [7, 11) is 0. The summed E-state index contributed by atoms with van der Waals surface area (Å²) in [6, 6.07) is 6.65. The Labute approximate surface area is 165 Å². The number of hydrogen-bond acceptors (Lipinski definition) is 5. The number of para-hydroxylation sites is 1. The first-order chi connectivity index (χ1) is 13.2. The lowest BCUT2D eigenvalue weighted by atomic mass is 9.82. The number of ketones is 1. The van der Waals surface area contributed by atoms with Crippen LogP contribution in [0.1, 0.15) is 50.0 Å². The zero-order chi connectivity index (χ0) is 21.5. The van der Waals surface area contributed by atoms with Gasteiger partial charge in [0.2, 0.25) is 0 Å². The molecule has 0 radical (unpaired) electrons. The van der Waals surface area contributed by atoms with E-state index >= 15 is 0 Å². The first kappa shape index (κ1) is 25.1. The molecule has 6 N–H and O–H groups in total. The molecule has 1 fully saturated rings. The van der Waals surface area contributed by atoms with Gasteiger partial charge in [-0.25, -0.2) is 0 Å². The molecule has 0 spiro atoms. The number of Topliss-reactive ketones (excluding diaryl/α,β-unsaturated/α-hetero) is 1. The molecule has 1 aliphatic rings. The molecule has 1 aromatic carbocycles. The van der Waals surface area contributed by atoms with Crippen molar-refractivity contribution >= 4 is 23.4 Å². The third kappa shape index (κ3) is 10.3. The van der Waals surface area contributed by atoms with Crippen LogP contribution in [0.3, 0.4) is 0 Å². The van der Waals surface area contributed by atoms with Gasteiger partial charge in [0.25, 0.3) is 0 Å². The molecule has 0 saturated heterocycles. The number of nitrogen functional groups attached to an aromatic ring is 1. The van der Waals surface area contributed by atoms with Crippen LogP contribution in [0, 0.1) is 0 Å². The first-order valence-electron chi connectivity index (χ1n) is 9.05. The molecule has 0 heterocycles. The molecule has 0 bridgehead atoms. The minimum atomic E-state index is -1.17. The van der Waals surface area contributed by atoms with E-state index in [1.807, 2.05) is 24.3 Å². The summed E-state index contributed by atoms with van der Waals surface area (Å²) < 4.78 is 0. The van der Waals surface area contributed by atoms with Crippen molar-refractivity contribution in [3.8, 4) is 0 Å². The lowest BCUT2D eigenvalue weighted by molar-refractivity contribution is -0.139. The van der Waals surface area contributed by atoms with E-state index in [0.29, 0.717) is 5.78 Å². The first-order valence-corrected chi connectivity index (χ1v) is 9.05. The molecule has 28 heavy (non-hydrogen) atoms. The zero-order valence-electron chi connectivity index (χ0n) is 16.0. The third-order valence-electron chi connectivity index (χ3n) is 4.08. The molecule has 0 aromatic heterocycles. The molecule has 7 heteroatoms. The molecule has 1 unspecified atom stereocenters. The minimum Gasteiger partial charge on any atom is -0.481 e. The second-order valence-electron chi connectivity index (χ2n) is 6.24. The highest BCUT2D eigenvalue weighted by Gasteiger charge is 2.24. The van der Waals surface area contributed by atoms with Crippen LogP contribution >= 0.6 is 0 Å². The van der Waals surface area contributed by atoms with E-state index < -0.39 is 18.0 Å². The second kappa shape index (κ2) is 14.2. The number of nitrogens with two attached hydrogens (primary N) is 2. The van der Waals surface area contributed by atoms with Crippen LogP contribution < -0.4 is 11.5 Å². The number of carbonyl (C=O) groups is 3. The number of aliphatic carboxylic acids is 2. The highest BCUT2D eigenvalue weighted by molar-refractivity contribution is 5.87. The van der Waals surface area contributed by atoms with E-state index in [4.69, 9.17) is 21.7 Å². The number of allylic oxidation sites excluding steroid dienone is 2. The standard InChI is InChI=1S/C12H15NO.C5H9NO4.C4H6/c13-11-7-3-1-5-9(11)10-6-2-4-8-12(10)14;6-3(5(9)10)1-2-4(7)8;1-3-4-2/h1,3,5,7,10H,2,4,6,8,13H2;3H,1-2,6H2,(H,7,8)(H,9,10);3-4H,1-2H2/t;3-;/m.0./s1. The maximum atomic E-state index is 11.7. The summed E-state index contributed by atoms with van der Waals surface area (Å²) in [5.74, 6) is -1.78. The maximum Gasteiger partial charge on any atom is 0.320 e. The number of anilines is 1. The molecular weight excluding hydrogens is 360 g/mol. The largest absolute Gasteiger partial charge is 0.481 e. The molecule has 0 aliphatic heterocycles. The van der Waals surface area contributed by atoms with E-state index in [0.717, 1.165) is 36.9 Å². The van der Waals surface area contributed by atoms with Gasteiger partial charge in [0.05, 0.1) is 0 Å². The molecule has 2 rings (SSSR count). The number of carboxylic acid groups (broad SMARTS) is 2. The van der Waals surface area contributed by atoms with Gasteiger partial charge in [-0.15, -0.1) is 0 Å². The number of hydrogen-bond donors (Lipinski definition) is 4. The van der Waals surface area contributed by atoms with Gasteiger partial charge < -0.3 is 21.7 Å². The van der Waals surface area contributed by atoms with Gasteiger partial charge >= 0.3 is 11.9 Å². The maximum absolute atomic E-state index is 11.7. The molecule has 2 atom stereocenters. The summed E-state index contributed by atoms with van der Waals surface area (Å²) >= 11 is 0. The van der Waals surface area contributed by atoms with Gasteiger partial charge in [-0.2, -0.15) is 0 Å². The van der Waals surface area contributed by atoms with Gasteiger partial charge in [-0.3, -0.25) is 14.4 Å². The van der Waals surface area contributed by atoms with E-state index in [9.17, 15) is 14.4 Å². The molecule has 1 saturated carbocycles. The summed E-state index contributed by atoms with van der Waals surface area (Å²) in [5, 5.41) is 16.3. The van der Waals surface area contributed by atoms with E-state index in [1.54, 1.807) is 12.2 Å². The number of carboxylic acids is 2. The van der Waals surface area contributed by atoms with Crippen LogP contribution in [0.2, 0.25) is 0 Å². The summed E-state index contributed by atoms with van der Waals surface area (Å²) in [6.07, 6.45) is 6.93. The predicted octanol–water partition coefficient (Wildman–Crippen LogP) is 3.12. The number of rotatable bonds is 6. The lowest BCUT2D eigenvalue weighted by Gasteiger charge is -2.21. The van der Waals surface area contributed by atoms with Crippen molar-refractivity contribution in [3.63, 3.8) is 0 Å². The van der Waals surface area contributed by atoms with Crippen LogP contribution in [0.15, 0.2) is 49.6 Å². The van der Waals surface area contributed by atoms with Crippen LogP contribution in [0.25, 0.3) is 0 Å². The Morgan fingerprint density at radius 3 is 2.25 bits per heavy atom. The highest BCUT2D eigenvalue weighted by Crippen LogP contribution is 2.32. The van der Waals surface area contributed by atoms with Crippen LogP contribution in [0.5, 0.6) is 0 Å². The van der Waals surface area contributed by atoms with Gasteiger partial charge in [0, 0.05) is 24.4 Å². The quantitative estimate of drug-likeness (QED) is 0.431. The van der Waals surface area contributed by atoms with E-state index in [1.165, 1.54) is 0 Å². The molecule has 1 aromatic rings. The lowest BCUT2D eigenvalue weighted by Crippen LogP contribution is -2.30. The molecule has 0 amide bonds. The van der Waals surface area contributed by atoms with Crippen LogP contribution in [-0.2, 0) is 14.4 Å². The SMILES string of the molecule is C=CC=C.N[C@@H](CCC(=O)O)C(=O)O.Nc1ccccc1C1CCCCC1=O. The van der Waals surface area contributed by atoms with Crippen molar-refractivity contribution in [1.29, 1.82) is 0 Å². The monoisotopic (exact) mass is 390 g/mol. The number of benzene rings is 1. The Bertz CT molecular complexity index is 667. The van der Waals surface area contributed by atoms with E-state index in [-0.39, 0.29) is 18.8 Å². The summed E-state index contributed by atoms with van der Waals surface area (Å²) in [4.78, 5) is 31.6. The van der Waals surface area contributed by atoms with Crippen LogP contribution in [-0.4, -0.2) is 34.0 Å². The van der Waals surface area contributed by atoms with Crippen molar-refractivity contribution < 1.29 is 24.6 Å². The number of carbonyl (C=O) groups excluding carboxylic acids is 1. The Morgan fingerprint density at radius 1 is 1.18 bits per heavy atom. The van der Waals surface area contributed by atoms with E-state index in [2.05, 4.69) is 13.2 Å². The molecule has 1 aliphatic carbocycles. The summed E-state index contributed by atoms with van der Waals surface area (Å²) in [5.41, 5.74) is 12.6. The van der Waals surface area contributed by atoms with Gasteiger partial charge in [0.15, 0.2) is 0 Å². The molecule has 154 valence electrons. The van der Waals surface area contributed by atoms with Crippen molar-refractivity contribution in [2.75, 3.05) is 5.73 Å². The fraction of sp³-hybridized carbons (Fsp3) is 0.381. The topological polar surface area (TPSA) is 144 Å². The Balaban J connectivity index is 0.000000458. The van der Waals surface area contributed by atoms with Crippen molar-refractivity contribution in [2.24, 2.45) is 5.73 Å². The normalized spacial score (nSPS) is 16.3. The van der Waals surface area contributed by atoms with Gasteiger partial charge in [-0.1, -0.05) is 49.9 Å². The van der Waals surface area contributed by atoms with Crippen molar-refractivity contribution in [1.82, 2.24) is 0 Å². The van der Waals surface area contributed by atoms with Crippen LogP contribution in [0.4, 0.5) is 5.69 Å².